The van der Waals surface area contributed by atoms with Gasteiger partial charge in [0.15, 0.2) is 0 Å². The van der Waals surface area contributed by atoms with Gasteiger partial charge in [-0.1, -0.05) is 18.5 Å². The van der Waals surface area contributed by atoms with E-state index in [9.17, 15) is 4.79 Å². The summed E-state index contributed by atoms with van der Waals surface area (Å²) in [7, 11) is 1.60. The van der Waals surface area contributed by atoms with Crippen molar-refractivity contribution >= 4 is 23.2 Å². The maximum absolute atomic E-state index is 12.6. The zero-order chi connectivity index (χ0) is 19.4. The van der Waals surface area contributed by atoms with E-state index in [-0.39, 0.29) is 17.8 Å². The van der Waals surface area contributed by atoms with E-state index in [1.165, 1.54) is 0 Å². The first-order chi connectivity index (χ1) is 12.3. The number of nitrogens with zero attached hydrogens (tertiary/aromatic N) is 1. The highest BCUT2D eigenvalue weighted by Gasteiger charge is 2.22. The molecule has 2 rings (SSSR count). The van der Waals surface area contributed by atoms with E-state index in [0.29, 0.717) is 22.0 Å². The first-order valence-corrected chi connectivity index (χ1v) is 9.09. The zero-order valence-electron chi connectivity index (χ0n) is 16.2. The average molecular weight is 376 g/mol. The Hall–Kier alpha value is -2.27. The lowest BCUT2D eigenvalue weighted by atomic mass is 10.1. The molecule has 5 nitrogen and oxygen atoms in total. The Labute approximate surface area is 160 Å². The van der Waals surface area contributed by atoms with E-state index in [0.717, 1.165) is 23.2 Å². The number of hydrogen-bond acceptors (Lipinski definition) is 4. The largest absolute Gasteiger partial charge is 0.438 e. The Morgan fingerprint density at radius 2 is 1.85 bits per heavy atom. The molecule has 1 aromatic heterocycles. The van der Waals surface area contributed by atoms with Crippen molar-refractivity contribution in [1.29, 1.82) is 0 Å². The fraction of sp³-hybridized carbons (Fsp3) is 0.400. The lowest BCUT2D eigenvalue weighted by Crippen LogP contribution is -2.23. The van der Waals surface area contributed by atoms with Crippen LogP contribution in [0.2, 0.25) is 5.02 Å². The summed E-state index contributed by atoms with van der Waals surface area (Å²) in [5.74, 6) is 0.693. The third kappa shape index (κ3) is 4.47. The van der Waals surface area contributed by atoms with Crippen LogP contribution in [-0.4, -0.2) is 24.0 Å². The molecular weight excluding hydrogens is 350 g/mol. The third-order valence-electron chi connectivity index (χ3n) is 4.21. The van der Waals surface area contributed by atoms with Crippen LogP contribution in [0.3, 0.4) is 0 Å². The highest BCUT2D eigenvalue weighted by molar-refractivity contribution is 6.30. The molecule has 0 saturated carbocycles. The Balaban J connectivity index is 2.59. The van der Waals surface area contributed by atoms with Gasteiger partial charge in [0.05, 0.1) is 5.69 Å². The standard InChI is InChI=1S/C20H26ClN3O2/c1-7-13(4)23-16-10-14(5)24-20(17(16)19(25)22-6)26-18-11(2)8-15(21)9-12(18)3/h8-10,13H,7H2,1-6H3,(H,22,25)(H,23,24). The SMILES string of the molecule is CCC(C)Nc1cc(C)nc(Oc2c(C)cc(Cl)cc2C)c1C(=O)NC. The number of anilines is 1. The van der Waals surface area contributed by atoms with Crippen LogP contribution in [0, 0.1) is 20.8 Å². The van der Waals surface area contributed by atoms with Gasteiger partial charge in [-0.05, 0) is 63.4 Å². The van der Waals surface area contributed by atoms with E-state index in [4.69, 9.17) is 16.3 Å². The Morgan fingerprint density at radius 3 is 2.38 bits per heavy atom. The summed E-state index contributed by atoms with van der Waals surface area (Å²) in [5, 5.41) is 6.70. The molecule has 0 saturated heterocycles. The molecule has 1 unspecified atom stereocenters. The van der Waals surface area contributed by atoms with Gasteiger partial charge in [0.1, 0.15) is 11.3 Å². The van der Waals surface area contributed by atoms with Gasteiger partial charge in [0, 0.05) is 23.8 Å². The summed E-state index contributed by atoms with van der Waals surface area (Å²) in [6, 6.07) is 5.74. The number of aromatic nitrogens is 1. The monoisotopic (exact) mass is 375 g/mol. The summed E-state index contributed by atoms with van der Waals surface area (Å²) < 4.78 is 6.12. The molecule has 0 fully saturated rings. The highest BCUT2D eigenvalue weighted by Crippen LogP contribution is 2.35. The second-order valence-electron chi connectivity index (χ2n) is 6.49. The normalized spacial score (nSPS) is 11.8. The van der Waals surface area contributed by atoms with Crippen molar-refractivity contribution in [2.45, 2.75) is 47.1 Å². The van der Waals surface area contributed by atoms with E-state index in [1.807, 2.05) is 39.0 Å². The van der Waals surface area contributed by atoms with Crippen molar-refractivity contribution in [3.63, 3.8) is 0 Å². The van der Waals surface area contributed by atoms with E-state index in [1.54, 1.807) is 7.05 Å². The first-order valence-electron chi connectivity index (χ1n) is 8.71. The van der Waals surface area contributed by atoms with Crippen LogP contribution in [0.4, 0.5) is 5.69 Å². The van der Waals surface area contributed by atoms with Gasteiger partial charge < -0.3 is 15.4 Å². The number of hydrogen-bond donors (Lipinski definition) is 2. The second kappa shape index (κ2) is 8.41. The first kappa shape index (κ1) is 20.0. The van der Waals surface area contributed by atoms with Crippen LogP contribution in [-0.2, 0) is 0 Å². The van der Waals surface area contributed by atoms with Crippen LogP contribution in [0.15, 0.2) is 18.2 Å². The Kier molecular flexibility index (Phi) is 6.48. The van der Waals surface area contributed by atoms with Gasteiger partial charge in [-0.25, -0.2) is 4.98 Å². The lowest BCUT2D eigenvalue weighted by molar-refractivity contribution is 0.0961. The second-order valence-corrected chi connectivity index (χ2v) is 6.93. The van der Waals surface area contributed by atoms with Crippen molar-refractivity contribution in [2.24, 2.45) is 0 Å². The molecule has 1 aromatic carbocycles. The van der Waals surface area contributed by atoms with Crippen molar-refractivity contribution in [3.05, 3.63) is 45.6 Å². The van der Waals surface area contributed by atoms with Crippen molar-refractivity contribution in [1.82, 2.24) is 10.3 Å². The van der Waals surface area contributed by atoms with Crippen LogP contribution in [0.1, 0.15) is 47.4 Å². The minimum absolute atomic E-state index is 0.215. The molecule has 1 atom stereocenters. The van der Waals surface area contributed by atoms with Crippen molar-refractivity contribution in [3.8, 4) is 11.6 Å². The van der Waals surface area contributed by atoms with Gasteiger partial charge in [-0.2, -0.15) is 0 Å². The molecule has 26 heavy (non-hydrogen) atoms. The van der Waals surface area contributed by atoms with Crippen molar-refractivity contribution < 1.29 is 9.53 Å². The van der Waals surface area contributed by atoms with Gasteiger partial charge in [0.25, 0.3) is 5.91 Å². The number of halogens is 1. The topological polar surface area (TPSA) is 63.3 Å². The summed E-state index contributed by atoms with van der Waals surface area (Å²) >= 11 is 6.11. The number of pyridine rings is 1. The molecule has 0 spiro atoms. The van der Waals surface area contributed by atoms with Crippen LogP contribution >= 0.6 is 11.6 Å². The number of amides is 1. The molecule has 0 aliphatic heterocycles. The van der Waals surface area contributed by atoms with Gasteiger partial charge >= 0.3 is 0 Å². The van der Waals surface area contributed by atoms with Crippen LogP contribution < -0.4 is 15.4 Å². The van der Waals surface area contributed by atoms with Gasteiger partial charge in [-0.3, -0.25) is 4.79 Å². The highest BCUT2D eigenvalue weighted by atomic mass is 35.5. The fourth-order valence-corrected chi connectivity index (χ4v) is 3.03. The molecule has 1 heterocycles. The number of rotatable bonds is 6. The minimum Gasteiger partial charge on any atom is -0.438 e. The molecule has 2 aromatic rings. The minimum atomic E-state index is -0.248. The molecule has 0 aliphatic rings. The van der Waals surface area contributed by atoms with Gasteiger partial charge in [-0.15, -0.1) is 0 Å². The van der Waals surface area contributed by atoms with Crippen molar-refractivity contribution in [2.75, 3.05) is 12.4 Å². The number of benzene rings is 1. The molecular formula is C20H26ClN3O2. The maximum Gasteiger partial charge on any atom is 0.258 e. The van der Waals surface area contributed by atoms with E-state index >= 15 is 0 Å². The van der Waals surface area contributed by atoms with Gasteiger partial charge in [0.2, 0.25) is 5.88 Å². The summed E-state index contributed by atoms with van der Waals surface area (Å²) in [5.41, 5.74) is 3.65. The molecule has 0 bridgehead atoms. The summed E-state index contributed by atoms with van der Waals surface area (Å²) in [4.78, 5) is 17.0. The number of ether oxygens (including phenoxy) is 1. The average Bonchev–Trinajstić information content (AvgIpc) is 2.57. The maximum atomic E-state index is 12.6. The summed E-state index contributed by atoms with van der Waals surface area (Å²) in [6.45, 7) is 9.87. The predicted molar refractivity (Wildman–Crippen MR) is 107 cm³/mol. The number of carbonyl (C=O) groups is 1. The Morgan fingerprint density at radius 1 is 1.23 bits per heavy atom. The molecule has 140 valence electrons. The molecule has 0 radical (unpaired) electrons. The quantitative estimate of drug-likeness (QED) is 0.743. The number of nitrogens with one attached hydrogen (secondary N) is 2. The smallest absolute Gasteiger partial charge is 0.258 e. The predicted octanol–water partition coefficient (Wildman–Crippen LogP) is 5.02. The number of aryl methyl sites for hydroxylation is 3. The Bertz CT molecular complexity index is 798. The fourth-order valence-electron chi connectivity index (χ4n) is 2.70. The van der Waals surface area contributed by atoms with Crippen LogP contribution in [0.25, 0.3) is 0 Å². The summed E-state index contributed by atoms with van der Waals surface area (Å²) in [6.07, 6.45) is 0.931. The number of carbonyl (C=O) groups excluding carboxylic acids is 1. The molecule has 1 amide bonds. The molecule has 6 heteroatoms. The molecule has 2 N–H and O–H groups in total. The third-order valence-corrected chi connectivity index (χ3v) is 4.42. The van der Waals surface area contributed by atoms with E-state index in [2.05, 4.69) is 29.5 Å². The zero-order valence-corrected chi connectivity index (χ0v) is 16.9. The van der Waals surface area contributed by atoms with E-state index < -0.39 is 0 Å². The lowest BCUT2D eigenvalue weighted by Gasteiger charge is -2.20. The van der Waals surface area contributed by atoms with Crippen LogP contribution in [0.5, 0.6) is 11.6 Å². The molecule has 0 aliphatic carbocycles.